The van der Waals surface area contributed by atoms with Crippen molar-refractivity contribution in [2.45, 2.75) is 103 Å². The van der Waals surface area contributed by atoms with Crippen molar-refractivity contribution in [2.24, 2.45) is 0 Å². The molecular weight excluding hydrogens is 657 g/mol. The van der Waals surface area contributed by atoms with Crippen LogP contribution in [0.2, 0.25) is 0 Å². The molecule has 3 aromatic carbocycles. The molecule has 3 N–H and O–H groups in total. The standard InChI is InChI=1S/C39H52N2O8S/c1-38(2,3)49-37(44)41(27-34(42)30-12-8-6-9-13-30)24-22-28-16-18-29(19-17-28)31-20-21-33(35(26-31)48-32-14-10-7-11-15-32)36(43)40-50(46,47)25-23-39(4,5)45/h6,8-9,12-13,16-21,26,32,34,42,45H,7,10-11,14-15,22-25,27H2,1-5H3,(H,40,43)/t34-/m0/s1. The lowest BCUT2D eigenvalue weighted by Gasteiger charge is -2.29. The van der Waals surface area contributed by atoms with Gasteiger partial charge in [0.15, 0.2) is 0 Å². The second kappa shape index (κ2) is 16.9. The molecule has 0 heterocycles. The SMILES string of the molecule is CC(C)(O)CCS(=O)(=O)NC(=O)c1ccc(-c2ccc(CCN(C[C@H](O)c3ccccc3)C(=O)OC(C)(C)C)cc2)cc1OC1CCCCC1. The van der Waals surface area contributed by atoms with Gasteiger partial charge >= 0.3 is 6.09 Å². The van der Waals surface area contributed by atoms with Crippen molar-refractivity contribution in [3.63, 3.8) is 0 Å². The van der Waals surface area contributed by atoms with Crippen molar-refractivity contribution in [1.82, 2.24) is 9.62 Å². The molecule has 2 amide bonds. The number of hydrogen-bond acceptors (Lipinski definition) is 8. The summed E-state index contributed by atoms with van der Waals surface area (Å²) in [6.07, 6.45) is 3.94. The van der Waals surface area contributed by atoms with Crippen LogP contribution in [0.1, 0.15) is 101 Å². The highest BCUT2D eigenvalue weighted by molar-refractivity contribution is 7.90. The lowest BCUT2D eigenvalue weighted by atomic mass is 9.97. The zero-order valence-corrected chi connectivity index (χ0v) is 30.7. The van der Waals surface area contributed by atoms with Crippen LogP contribution >= 0.6 is 0 Å². The van der Waals surface area contributed by atoms with Crippen LogP contribution in [0.25, 0.3) is 11.1 Å². The van der Waals surface area contributed by atoms with Crippen LogP contribution < -0.4 is 9.46 Å². The van der Waals surface area contributed by atoms with Gasteiger partial charge in [0.1, 0.15) is 11.4 Å². The number of carbonyl (C=O) groups excluding carboxylic acids is 2. The molecule has 4 rings (SSSR count). The minimum atomic E-state index is -3.99. The Balaban J connectivity index is 1.50. The Hall–Kier alpha value is -3.93. The maximum Gasteiger partial charge on any atom is 0.410 e. The molecule has 1 saturated carbocycles. The normalized spacial score (nSPS) is 14.9. The lowest BCUT2D eigenvalue weighted by Crippen LogP contribution is -2.40. The zero-order chi connectivity index (χ0) is 36.5. The minimum absolute atomic E-state index is 0.0232. The highest BCUT2D eigenvalue weighted by Crippen LogP contribution is 2.31. The van der Waals surface area contributed by atoms with Crippen molar-refractivity contribution < 1.29 is 37.7 Å². The molecule has 1 atom stereocenters. The first-order valence-electron chi connectivity index (χ1n) is 17.4. The lowest BCUT2D eigenvalue weighted by molar-refractivity contribution is 0.0147. The van der Waals surface area contributed by atoms with Gasteiger partial charge in [-0.15, -0.1) is 0 Å². The second-order valence-electron chi connectivity index (χ2n) is 14.7. The van der Waals surface area contributed by atoms with Gasteiger partial charge < -0.3 is 24.6 Å². The molecule has 1 fully saturated rings. The van der Waals surface area contributed by atoms with Crippen LogP contribution in [0.4, 0.5) is 4.79 Å². The molecule has 0 spiro atoms. The van der Waals surface area contributed by atoms with Crippen LogP contribution in [0, 0.1) is 0 Å². The van der Waals surface area contributed by atoms with E-state index in [4.69, 9.17) is 9.47 Å². The van der Waals surface area contributed by atoms with Crippen molar-refractivity contribution in [2.75, 3.05) is 18.8 Å². The summed E-state index contributed by atoms with van der Waals surface area (Å²) in [5, 5.41) is 20.8. The molecule has 50 heavy (non-hydrogen) atoms. The van der Waals surface area contributed by atoms with Gasteiger partial charge in [0, 0.05) is 6.54 Å². The predicted octanol–water partition coefficient (Wildman–Crippen LogP) is 6.80. The number of hydrogen-bond donors (Lipinski definition) is 3. The fraction of sp³-hybridized carbons (Fsp3) is 0.487. The van der Waals surface area contributed by atoms with Gasteiger partial charge in [0.25, 0.3) is 5.91 Å². The fourth-order valence-electron chi connectivity index (χ4n) is 5.68. The summed E-state index contributed by atoms with van der Waals surface area (Å²) in [7, 11) is -3.99. The number of sulfonamides is 1. The predicted molar refractivity (Wildman–Crippen MR) is 194 cm³/mol. The Morgan fingerprint density at radius 3 is 2.18 bits per heavy atom. The van der Waals surface area contributed by atoms with E-state index in [1.165, 1.54) is 18.7 Å². The van der Waals surface area contributed by atoms with E-state index < -0.39 is 45.1 Å². The topological polar surface area (TPSA) is 142 Å². The van der Waals surface area contributed by atoms with Crippen LogP contribution in [0.5, 0.6) is 5.75 Å². The first kappa shape index (κ1) is 38.9. The molecule has 3 aromatic rings. The molecule has 1 aliphatic carbocycles. The Morgan fingerprint density at radius 2 is 1.56 bits per heavy atom. The monoisotopic (exact) mass is 708 g/mol. The van der Waals surface area contributed by atoms with Crippen molar-refractivity contribution in [3.05, 3.63) is 89.5 Å². The molecule has 0 bridgehead atoms. The number of amides is 2. The first-order valence-corrected chi connectivity index (χ1v) is 19.0. The summed E-state index contributed by atoms with van der Waals surface area (Å²) in [6, 6.07) is 22.2. The van der Waals surface area contributed by atoms with Gasteiger partial charge in [0.2, 0.25) is 10.0 Å². The van der Waals surface area contributed by atoms with E-state index in [2.05, 4.69) is 4.72 Å². The third-order valence-electron chi connectivity index (χ3n) is 8.49. The summed E-state index contributed by atoms with van der Waals surface area (Å²) >= 11 is 0. The Labute approximate surface area is 296 Å². The Kier molecular flexibility index (Phi) is 13.1. The number of ether oxygens (including phenoxy) is 2. The van der Waals surface area contributed by atoms with E-state index in [0.717, 1.165) is 48.8 Å². The Bertz CT molecular complexity index is 1670. The van der Waals surface area contributed by atoms with E-state index in [-0.39, 0.29) is 24.6 Å². The van der Waals surface area contributed by atoms with Gasteiger partial charge in [-0.25, -0.2) is 17.9 Å². The van der Waals surface area contributed by atoms with Gasteiger partial charge in [-0.05, 0) is 108 Å². The number of nitrogens with zero attached hydrogens (tertiary/aromatic N) is 1. The molecule has 0 aliphatic heterocycles. The van der Waals surface area contributed by atoms with E-state index >= 15 is 0 Å². The van der Waals surface area contributed by atoms with Gasteiger partial charge in [-0.1, -0.05) is 67.1 Å². The smallest absolute Gasteiger partial charge is 0.410 e. The van der Waals surface area contributed by atoms with Gasteiger partial charge in [-0.3, -0.25) is 4.79 Å². The maximum atomic E-state index is 13.3. The van der Waals surface area contributed by atoms with E-state index in [1.807, 2.05) is 75.4 Å². The quantitative estimate of drug-likeness (QED) is 0.166. The fourth-order valence-corrected chi connectivity index (χ4v) is 6.94. The molecular formula is C39H52N2O8S. The summed E-state index contributed by atoms with van der Waals surface area (Å²) in [6.45, 7) is 8.87. The molecule has 0 unspecified atom stereocenters. The van der Waals surface area contributed by atoms with Crippen LogP contribution in [0.3, 0.4) is 0 Å². The minimum Gasteiger partial charge on any atom is -0.490 e. The average molecular weight is 709 g/mol. The molecule has 0 saturated heterocycles. The van der Waals surface area contributed by atoms with Crippen molar-refractivity contribution in [3.8, 4) is 16.9 Å². The third-order valence-corrected chi connectivity index (χ3v) is 9.73. The van der Waals surface area contributed by atoms with Gasteiger partial charge in [-0.2, -0.15) is 0 Å². The maximum absolute atomic E-state index is 13.3. The first-order chi connectivity index (χ1) is 23.5. The van der Waals surface area contributed by atoms with Crippen LogP contribution in [0.15, 0.2) is 72.8 Å². The average Bonchev–Trinajstić information content (AvgIpc) is 3.05. The number of carbonyl (C=O) groups is 2. The third kappa shape index (κ3) is 12.4. The van der Waals surface area contributed by atoms with Crippen molar-refractivity contribution in [1.29, 1.82) is 0 Å². The summed E-state index contributed by atoms with van der Waals surface area (Å²) < 4.78 is 39.5. The zero-order valence-electron chi connectivity index (χ0n) is 29.9. The summed E-state index contributed by atoms with van der Waals surface area (Å²) in [5.74, 6) is -0.853. The number of aliphatic hydroxyl groups excluding tert-OH is 1. The molecule has 11 heteroatoms. The highest BCUT2D eigenvalue weighted by atomic mass is 32.2. The van der Waals surface area contributed by atoms with E-state index in [0.29, 0.717) is 24.3 Å². The summed E-state index contributed by atoms with van der Waals surface area (Å²) in [4.78, 5) is 27.9. The van der Waals surface area contributed by atoms with E-state index in [9.17, 15) is 28.2 Å². The summed E-state index contributed by atoms with van der Waals surface area (Å²) in [5.41, 5.74) is 1.61. The van der Waals surface area contributed by atoms with Crippen LogP contribution in [-0.2, 0) is 21.2 Å². The molecule has 0 aromatic heterocycles. The molecule has 1 aliphatic rings. The number of aliphatic hydroxyl groups is 2. The van der Waals surface area contributed by atoms with E-state index in [1.54, 1.807) is 18.2 Å². The van der Waals surface area contributed by atoms with Gasteiger partial charge in [0.05, 0.1) is 35.7 Å². The number of rotatable bonds is 14. The second-order valence-corrected chi connectivity index (χ2v) is 16.5. The molecule has 10 nitrogen and oxygen atoms in total. The Morgan fingerprint density at radius 1 is 0.920 bits per heavy atom. The largest absolute Gasteiger partial charge is 0.490 e. The number of benzene rings is 3. The molecule has 272 valence electrons. The van der Waals surface area contributed by atoms with Crippen molar-refractivity contribution >= 4 is 22.0 Å². The highest BCUT2D eigenvalue weighted by Gasteiger charge is 2.26. The number of nitrogens with one attached hydrogen (secondary N) is 1. The molecule has 0 radical (unpaired) electrons. The van der Waals surface area contributed by atoms with Crippen LogP contribution in [-0.4, -0.2) is 71.7 Å².